The number of esters is 1. The van der Waals surface area contributed by atoms with E-state index in [4.69, 9.17) is 4.74 Å². The van der Waals surface area contributed by atoms with Gasteiger partial charge in [0.1, 0.15) is 5.69 Å². The zero-order chi connectivity index (χ0) is 15.6. The van der Waals surface area contributed by atoms with E-state index in [-0.39, 0.29) is 23.8 Å². The topological polar surface area (TPSA) is 67.7 Å². The van der Waals surface area contributed by atoms with Crippen molar-refractivity contribution in [3.05, 3.63) is 11.4 Å². The number of ether oxygens (including phenoxy) is 1. The van der Waals surface area contributed by atoms with Crippen LogP contribution in [0.4, 0.5) is 5.95 Å². The molecule has 1 fully saturated rings. The molecule has 0 aromatic carbocycles. The summed E-state index contributed by atoms with van der Waals surface area (Å²) < 4.78 is 6.71. The lowest BCUT2D eigenvalue weighted by Crippen LogP contribution is -2.45. The van der Waals surface area contributed by atoms with Crippen molar-refractivity contribution in [2.45, 2.75) is 13.8 Å². The van der Waals surface area contributed by atoms with Gasteiger partial charge in [0.25, 0.3) is 0 Å². The maximum atomic E-state index is 12.1. The molecule has 1 aliphatic heterocycles. The predicted octanol–water partition coefficient (Wildman–Crippen LogP) is 0.551. The Bertz CT molecular complexity index is 545. The quantitative estimate of drug-likeness (QED) is 0.597. The van der Waals surface area contributed by atoms with E-state index in [0.29, 0.717) is 5.95 Å². The lowest BCUT2D eigenvalue weighted by Gasteiger charge is -2.33. The number of aromatic nitrogens is 2. The fourth-order valence-corrected chi connectivity index (χ4v) is 2.45. The third-order valence-electron chi connectivity index (χ3n) is 3.66. The highest BCUT2D eigenvalue weighted by Crippen LogP contribution is 2.21. The van der Waals surface area contributed by atoms with Crippen LogP contribution in [0, 0.1) is 0 Å². The molecule has 0 saturated carbocycles. The molecule has 1 aromatic rings. The Kier molecular flexibility index (Phi) is 4.62. The normalized spacial score (nSPS) is 16.1. The van der Waals surface area contributed by atoms with Crippen molar-refractivity contribution in [3.8, 4) is 0 Å². The number of nitrogens with zero attached hydrogens (tertiary/aromatic N) is 4. The molecule has 0 radical (unpaired) electrons. The second-order valence-corrected chi connectivity index (χ2v) is 5.24. The highest BCUT2D eigenvalue weighted by Gasteiger charge is 2.28. The molecule has 0 unspecified atom stereocenters. The van der Waals surface area contributed by atoms with Gasteiger partial charge in [-0.2, -0.15) is 0 Å². The summed E-state index contributed by atoms with van der Waals surface area (Å²) >= 11 is 0. The van der Waals surface area contributed by atoms with Crippen molar-refractivity contribution in [1.29, 1.82) is 0 Å². The molecule has 0 aliphatic carbocycles. The third-order valence-corrected chi connectivity index (χ3v) is 3.66. The molecule has 0 bridgehead atoms. The van der Waals surface area contributed by atoms with Crippen LogP contribution in [0.15, 0.2) is 0 Å². The molecule has 1 aromatic heterocycles. The lowest BCUT2D eigenvalue weighted by atomic mass is 10.2. The fourth-order valence-electron chi connectivity index (χ4n) is 2.45. The first-order valence-corrected chi connectivity index (χ1v) is 7.14. The molecule has 2 heterocycles. The number of rotatable bonds is 4. The van der Waals surface area contributed by atoms with Gasteiger partial charge in [-0.3, -0.25) is 4.79 Å². The van der Waals surface area contributed by atoms with Gasteiger partial charge in [0, 0.05) is 40.2 Å². The molecule has 1 aliphatic rings. The molecule has 0 spiro atoms. The first kappa shape index (κ1) is 15.5. The van der Waals surface area contributed by atoms with Crippen LogP contribution in [0.2, 0.25) is 0 Å². The number of hydrogen-bond donors (Lipinski definition) is 0. The highest BCUT2D eigenvalue weighted by molar-refractivity contribution is 6.03. The van der Waals surface area contributed by atoms with Gasteiger partial charge in [-0.1, -0.05) is 0 Å². The fraction of sp³-hybridized carbons (Fsp3) is 0.643. The van der Waals surface area contributed by atoms with Crippen molar-refractivity contribution in [2.24, 2.45) is 7.05 Å². The summed E-state index contributed by atoms with van der Waals surface area (Å²) in [5.41, 5.74) is 0.420. The summed E-state index contributed by atoms with van der Waals surface area (Å²) in [6, 6.07) is 0. The zero-order valence-corrected chi connectivity index (χ0v) is 13.0. The lowest BCUT2D eigenvalue weighted by molar-refractivity contribution is 0.0512. The van der Waals surface area contributed by atoms with Crippen LogP contribution in [0.1, 0.15) is 34.8 Å². The zero-order valence-electron chi connectivity index (χ0n) is 13.0. The number of carbonyl (C=O) groups is 2. The molecule has 7 heteroatoms. The molecule has 0 amide bonds. The van der Waals surface area contributed by atoms with Crippen LogP contribution < -0.4 is 4.90 Å². The molecule has 0 atom stereocenters. The third kappa shape index (κ3) is 3.07. The average molecular weight is 294 g/mol. The predicted molar refractivity (Wildman–Crippen MR) is 78.9 cm³/mol. The molecular weight excluding hydrogens is 272 g/mol. The van der Waals surface area contributed by atoms with Crippen LogP contribution in [-0.4, -0.2) is 66.0 Å². The van der Waals surface area contributed by atoms with Crippen molar-refractivity contribution < 1.29 is 14.3 Å². The Morgan fingerprint density at radius 1 is 1.19 bits per heavy atom. The molecule has 2 rings (SSSR count). The summed E-state index contributed by atoms with van der Waals surface area (Å²) in [5, 5.41) is 0. The number of anilines is 1. The number of ketones is 1. The minimum atomic E-state index is -0.502. The van der Waals surface area contributed by atoms with E-state index >= 15 is 0 Å². The number of Topliss-reactive ketones (excluding diaryl/α,β-unsaturated/α-hetero) is 1. The van der Waals surface area contributed by atoms with E-state index in [9.17, 15) is 9.59 Å². The Morgan fingerprint density at radius 3 is 2.33 bits per heavy atom. The Morgan fingerprint density at radius 2 is 1.81 bits per heavy atom. The van der Waals surface area contributed by atoms with Gasteiger partial charge in [0.15, 0.2) is 11.5 Å². The molecule has 0 N–H and O–H groups in total. The first-order valence-electron chi connectivity index (χ1n) is 7.14. The van der Waals surface area contributed by atoms with Crippen molar-refractivity contribution in [2.75, 3.05) is 44.7 Å². The Hall–Kier alpha value is -1.89. The molecule has 7 nitrogen and oxygen atoms in total. The largest absolute Gasteiger partial charge is 0.461 e. The maximum absolute atomic E-state index is 12.1. The second kappa shape index (κ2) is 6.26. The Labute approximate surface area is 124 Å². The number of carbonyl (C=O) groups excluding carboxylic acids is 2. The van der Waals surface area contributed by atoms with Gasteiger partial charge in [0.2, 0.25) is 5.95 Å². The summed E-state index contributed by atoms with van der Waals surface area (Å²) in [5.74, 6) is -0.0801. The molecule has 21 heavy (non-hydrogen) atoms. The highest BCUT2D eigenvalue weighted by atomic mass is 16.5. The second-order valence-electron chi connectivity index (χ2n) is 5.24. The van der Waals surface area contributed by atoms with Gasteiger partial charge in [0.05, 0.1) is 6.61 Å². The van der Waals surface area contributed by atoms with E-state index in [0.717, 1.165) is 26.2 Å². The first-order chi connectivity index (χ1) is 9.95. The van der Waals surface area contributed by atoms with Gasteiger partial charge in [-0.05, 0) is 14.0 Å². The van der Waals surface area contributed by atoms with Crippen LogP contribution in [-0.2, 0) is 11.8 Å². The summed E-state index contributed by atoms with van der Waals surface area (Å²) in [7, 11) is 3.82. The number of imidazole rings is 1. The van der Waals surface area contributed by atoms with Crippen LogP contribution in [0.25, 0.3) is 0 Å². The molecule has 116 valence electrons. The summed E-state index contributed by atoms with van der Waals surface area (Å²) in [6.07, 6.45) is 0. The number of likely N-dealkylation sites (N-methyl/N-ethyl adjacent to an activating group) is 1. The molecular formula is C14H22N4O3. The van der Waals surface area contributed by atoms with E-state index in [1.807, 2.05) is 0 Å². The van der Waals surface area contributed by atoms with Crippen molar-refractivity contribution >= 4 is 17.7 Å². The van der Waals surface area contributed by atoms with Crippen molar-refractivity contribution in [3.63, 3.8) is 0 Å². The molecule has 1 saturated heterocycles. The maximum Gasteiger partial charge on any atom is 0.357 e. The van der Waals surface area contributed by atoms with Gasteiger partial charge in [-0.15, -0.1) is 0 Å². The van der Waals surface area contributed by atoms with Crippen LogP contribution >= 0.6 is 0 Å². The SMILES string of the molecule is CCOC(=O)c1c(C(C)=O)nc(N2CCN(C)CC2)n1C. The monoisotopic (exact) mass is 294 g/mol. The van der Waals surface area contributed by atoms with Gasteiger partial charge < -0.3 is 19.1 Å². The average Bonchev–Trinajstić information content (AvgIpc) is 2.78. The van der Waals surface area contributed by atoms with E-state index in [2.05, 4.69) is 21.8 Å². The van der Waals surface area contributed by atoms with Crippen LogP contribution in [0.3, 0.4) is 0 Å². The van der Waals surface area contributed by atoms with Crippen LogP contribution in [0.5, 0.6) is 0 Å². The van der Waals surface area contributed by atoms with E-state index in [1.54, 1.807) is 18.5 Å². The summed E-state index contributed by atoms with van der Waals surface area (Å²) in [6.45, 7) is 6.92. The number of piperazine rings is 1. The van der Waals surface area contributed by atoms with E-state index < -0.39 is 5.97 Å². The Balaban J connectivity index is 2.37. The minimum absolute atomic E-state index is 0.185. The minimum Gasteiger partial charge on any atom is -0.461 e. The van der Waals surface area contributed by atoms with Gasteiger partial charge in [-0.25, -0.2) is 9.78 Å². The standard InChI is InChI=1S/C14H22N4O3/c1-5-21-13(20)12-11(10(2)19)15-14(17(12)4)18-8-6-16(3)7-9-18/h5-9H2,1-4H3. The summed E-state index contributed by atoms with van der Waals surface area (Å²) in [4.78, 5) is 32.5. The smallest absolute Gasteiger partial charge is 0.357 e. The van der Waals surface area contributed by atoms with Gasteiger partial charge >= 0.3 is 5.97 Å². The van der Waals surface area contributed by atoms with Crippen molar-refractivity contribution in [1.82, 2.24) is 14.5 Å². The number of hydrogen-bond acceptors (Lipinski definition) is 6. The van der Waals surface area contributed by atoms with E-state index in [1.165, 1.54) is 6.92 Å².